The van der Waals surface area contributed by atoms with Gasteiger partial charge in [-0.1, -0.05) is 23.7 Å². The number of rotatable bonds is 6. The van der Waals surface area contributed by atoms with Crippen molar-refractivity contribution in [2.45, 2.75) is 25.3 Å². The summed E-state index contributed by atoms with van der Waals surface area (Å²) in [5.41, 5.74) is 6.14. The molecule has 7 heteroatoms. The summed E-state index contributed by atoms with van der Waals surface area (Å²) in [4.78, 5) is 36.6. The van der Waals surface area contributed by atoms with Crippen LogP contribution in [0.1, 0.15) is 24.8 Å². The van der Waals surface area contributed by atoms with Crippen molar-refractivity contribution in [3.63, 3.8) is 0 Å². The number of carbonyl (C=O) groups is 3. The highest BCUT2D eigenvalue weighted by Gasteiger charge is 2.32. The first-order valence-corrected chi connectivity index (χ1v) is 8.15. The van der Waals surface area contributed by atoms with Gasteiger partial charge in [-0.2, -0.15) is 0 Å². The zero-order valence-corrected chi connectivity index (χ0v) is 14.0. The Hall–Kier alpha value is -2.34. The van der Waals surface area contributed by atoms with Crippen molar-refractivity contribution in [3.05, 3.63) is 40.9 Å². The summed E-state index contributed by atoms with van der Waals surface area (Å²) in [5.74, 6) is -0.931. The van der Waals surface area contributed by atoms with Crippen molar-refractivity contribution >= 4 is 35.4 Å². The van der Waals surface area contributed by atoms with Crippen molar-refractivity contribution in [2.75, 3.05) is 13.1 Å². The summed E-state index contributed by atoms with van der Waals surface area (Å²) in [7, 11) is 0. The van der Waals surface area contributed by atoms with E-state index in [2.05, 4.69) is 5.32 Å². The molecule has 128 valence electrons. The third-order valence-electron chi connectivity index (χ3n) is 3.84. The molecular formula is C17H20ClN3O3. The second kappa shape index (κ2) is 8.49. The van der Waals surface area contributed by atoms with E-state index >= 15 is 0 Å². The van der Waals surface area contributed by atoms with Crippen LogP contribution in [0.4, 0.5) is 0 Å². The molecule has 24 heavy (non-hydrogen) atoms. The molecule has 6 nitrogen and oxygen atoms in total. The standard InChI is InChI=1S/C17H20ClN3O3/c18-13-6-3-12(4-7-13)5-8-15(22)20-10-9-16(23)21-11-1-2-14(21)17(19)24/h3-8,14H,1-2,9-11H2,(H2,19,24)(H,20,22)/b8-5+. The fourth-order valence-electron chi connectivity index (χ4n) is 2.60. The first-order valence-electron chi connectivity index (χ1n) is 7.77. The van der Waals surface area contributed by atoms with E-state index in [1.165, 1.54) is 11.0 Å². The normalized spacial score (nSPS) is 17.2. The number of primary amides is 1. The van der Waals surface area contributed by atoms with Gasteiger partial charge in [-0.3, -0.25) is 14.4 Å². The molecule has 0 radical (unpaired) electrons. The largest absolute Gasteiger partial charge is 0.368 e. The van der Waals surface area contributed by atoms with Gasteiger partial charge in [-0.15, -0.1) is 0 Å². The van der Waals surface area contributed by atoms with Crippen LogP contribution in [-0.2, 0) is 14.4 Å². The van der Waals surface area contributed by atoms with Gasteiger partial charge in [-0.25, -0.2) is 0 Å². The molecule has 1 atom stereocenters. The maximum Gasteiger partial charge on any atom is 0.244 e. The zero-order valence-electron chi connectivity index (χ0n) is 13.2. The summed E-state index contributed by atoms with van der Waals surface area (Å²) < 4.78 is 0. The summed E-state index contributed by atoms with van der Waals surface area (Å²) in [6.45, 7) is 0.751. The number of carbonyl (C=O) groups excluding carboxylic acids is 3. The fourth-order valence-corrected chi connectivity index (χ4v) is 2.73. The lowest BCUT2D eigenvalue weighted by Gasteiger charge is -2.22. The average molecular weight is 350 g/mol. The molecule has 1 aliphatic rings. The smallest absolute Gasteiger partial charge is 0.244 e. The number of likely N-dealkylation sites (tertiary alicyclic amines) is 1. The van der Waals surface area contributed by atoms with Gasteiger partial charge in [0.25, 0.3) is 0 Å². The number of nitrogens with zero attached hydrogens (tertiary/aromatic N) is 1. The van der Waals surface area contributed by atoms with Crippen molar-refractivity contribution in [3.8, 4) is 0 Å². The zero-order chi connectivity index (χ0) is 17.5. The second-order valence-corrected chi connectivity index (χ2v) is 6.01. The Morgan fingerprint density at radius 1 is 1.29 bits per heavy atom. The third-order valence-corrected chi connectivity index (χ3v) is 4.09. The predicted octanol–water partition coefficient (Wildman–Crippen LogP) is 1.34. The molecule has 0 spiro atoms. The van der Waals surface area contributed by atoms with Gasteiger partial charge < -0.3 is 16.0 Å². The molecule has 1 heterocycles. The van der Waals surface area contributed by atoms with E-state index in [0.29, 0.717) is 18.0 Å². The topological polar surface area (TPSA) is 92.5 Å². The highest BCUT2D eigenvalue weighted by atomic mass is 35.5. The molecule has 1 fully saturated rings. The third kappa shape index (κ3) is 5.09. The van der Waals surface area contributed by atoms with E-state index in [1.807, 2.05) is 0 Å². The number of nitrogens with two attached hydrogens (primary N) is 1. The number of benzene rings is 1. The number of hydrogen-bond acceptors (Lipinski definition) is 3. The van der Waals surface area contributed by atoms with E-state index in [9.17, 15) is 14.4 Å². The van der Waals surface area contributed by atoms with Crippen molar-refractivity contribution in [2.24, 2.45) is 5.73 Å². The quantitative estimate of drug-likeness (QED) is 0.759. The van der Waals surface area contributed by atoms with Gasteiger partial charge in [0.1, 0.15) is 6.04 Å². The highest BCUT2D eigenvalue weighted by molar-refractivity contribution is 6.30. The minimum atomic E-state index is -0.516. The van der Waals surface area contributed by atoms with Crippen LogP contribution in [0.15, 0.2) is 30.3 Å². The number of amides is 3. The van der Waals surface area contributed by atoms with E-state index in [-0.39, 0.29) is 24.8 Å². The number of hydrogen-bond donors (Lipinski definition) is 2. The molecule has 1 aromatic carbocycles. The minimum Gasteiger partial charge on any atom is -0.368 e. The minimum absolute atomic E-state index is 0.143. The van der Waals surface area contributed by atoms with Gasteiger partial charge in [-0.05, 0) is 36.6 Å². The van der Waals surface area contributed by atoms with Gasteiger partial charge in [0, 0.05) is 30.6 Å². The summed E-state index contributed by atoms with van der Waals surface area (Å²) in [6, 6.07) is 6.56. The van der Waals surface area contributed by atoms with Crippen molar-refractivity contribution in [1.82, 2.24) is 10.2 Å². The average Bonchev–Trinajstić information content (AvgIpc) is 3.04. The van der Waals surface area contributed by atoms with Crippen LogP contribution in [0, 0.1) is 0 Å². The molecule has 0 aliphatic carbocycles. The number of halogens is 1. The van der Waals surface area contributed by atoms with E-state index in [0.717, 1.165) is 12.0 Å². The maximum absolute atomic E-state index is 12.1. The highest BCUT2D eigenvalue weighted by Crippen LogP contribution is 2.17. The van der Waals surface area contributed by atoms with Crippen LogP contribution in [0.2, 0.25) is 5.02 Å². The van der Waals surface area contributed by atoms with Crippen molar-refractivity contribution < 1.29 is 14.4 Å². The molecular weight excluding hydrogens is 330 g/mol. The van der Waals surface area contributed by atoms with Gasteiger partial charge in [0.05, 0.1) is 0 Å². The van der Waals surface area contributed by atoms with E-state index in [1.54, 1.807) is 30.3 Å². The molecule has 1 aliphatic heterocycles. The predicted molar refractivity (Wildman–Crippen MR) is 92.0 cm³/mol. The fraction of sp³-hybridized carbons (Fsp3) is 0.353. The number of nitrogens with one attached hydrogen (secondary N) is 1. The second-order valence-electron chi connectivity index (χ2n) is 5.57. The van der Waals surface area contributed by atoms with Gasteiger partial charge >= 0.3 is 0 Å². The van der Waals surface area contributed by atoms with Gasteiger partial charge in [0.15, 0.2) is 0 Å². The molecule has 1 unspecified atom stereocenters. The van der Waals surface area contributed by atoms with Crippen molar-refractivity contribution in [1.29, 1.82) is 0 Å². The van der Waals surface area contributed by atoms with Gasteiger partial charge in [0.2, 0.25) is 17.7 Å². The lowest BCUT2D eigenvalue weighted by molar-refractivity contribution is -0.137. The molecule has 0 saturated carbocycles. The summed E-state index contributed by atoms with van der Waals surface area (Å²) in [5, 5.41) is 3.28. The Morgan fingerprint density at radius 3 is 2.67 bits per heavy atom. The molecule has 2 rings (SSSR count). The first-order chi connectivity index (χ1) is 11.5. The molecule has 0 aromatic heterocycles. The van der Waals surface area contributed by atoms with Crippen LogP contribution in [0.25, 0.3) is 6.08 Å². The monoisotopic (exact) mass is 349 g/mol. The van der Waals surface area contributed by atoms with Crippen LogP contribution in [-0.4, -0.2) is 41.8 Å². The molecule has 3 amide bonds. The van der Waals surface area contributed by atoms with Crippen LogP contribution < -0.4 is 11.1 Å². The SMILES string of the molecule is NC(=O)C1CCCN1C(=O)CCNC(=O)/C=C/c1ccc(Cl)cc1. The Bertz CT molecular complexity index is 643. The van der Waals surface area contributed by atoms with Crippen LogP contribution >= 0.6 is 11.6 Å². The Kier molecular flexibility index (Phi) is 6.37. The molecule has 1 aromatic rings. The first kappa shape index (κ1) is 18.0. The maximum atomic E-state index is 12.1. The molecule has 1 saturated heterocycles. The van der Waals surface area contributed by atoms with E-state index < -0.39 is 11.9 Å². The summed E-state index contributed by atoms with van der Waals surface area (Å²) >= 11 is 5.79. The van der Waals surface area contributed by atoms with E-state index in [4.69, 9.17) is 17.3 Å². The Labute approximate surface area is 145 Å². The van der Waals surface area contributed by atoms with Crippen LogP contribution in [0.3, 0.4) is 0 Å². The lowest BCUT2D eigenvalue weighted by atomic mass is 10.2. The molecule has 3 N–H and O–H groups in total. The summed E-state index contributed by atoms with van der Waals surface area (Å²) in [6.07, 6.45) is 4.59. The Morgan fingerprint density at radius 2 is 2.00 bits per heavy atom. The lowest BCUT2D eigenvalue weighted by Crippen LogP contribution is -2.44. The van der Waals surface area contributed by atoms with Crippen LogP contribution in [0.5, 0.6) is 0 Å². The molecule has 0 bridgehead atoms. The Balaban J connectivity index is 1.75.